The molecule has 5 nitrogen and oxygen atoms in total. The van der Waals surface area contributed by atoms with Gasteiger partial charge in [0.2, 0.25) is 11.8 Å². The van der Waals surface area contributed by atoms with E-state index in [1.54, 1.807) is 18.3 Å². The third kappa shape index (κ3) is 3.88. The fourth-order valence-electron chi connectivity index (χ4n) is 1.64. The standard InChI is InChI=1S/C13H15N3O2S2/c1-3-18-12-5-4-9(7-14-12)16-11(17)6-10-8(2)15-13(19)20-10/h4-5,7H,3,6H2,1-2H3,(H,15,19)(H,16,17). The second kappa shape index (κ2) is 6.62. The molecule has 0 saturated heterocycles. The molecule has 0 aliphatic heterocycles. The van der Waals surface area contributed by atoms with Crippen LogP contribution in [0.5, 0.6) is 5.88 Å². The zero-order valence-electron chi connectivity index (χ0n) is 11.2. The number of rotatable bonds is 5. The fourth-order valence-corrected chi connectivity index (χ4v) is 2.93. The van der Waals surface area contributed by atoms with Gasteiger partial charge < -0.3 is 15.0 Å². The summed E-state index contributed by atoms with van der Waals surface area (Å²) in [6.07, 6.45) is 1.88. The third-order valence-corrected chi connectivity index (χ3v) is 3.89. The van der Waals surface area contributed by atoms with E-state index in [-0.39, 0.29) is 5.91 Å². The molecule has 0 saturated carbocycles. The van der Waals surface area contributed by atoms with Gasteiger partial charge in [0.25, 0.3) is 0 Å². The molecular formula is C13H15N3O2S2. The van der Waals surface area contributed by atoms with E-state index >= 15 is 0 Å². The van der Waals surface area contributed by atoms with E-state index in [1.165, 1.54) is 11.3 Å². The Kier molecular flexibility index (Phi) is 4.86. The smallest absolute Gasteiger partial charge is 0.229 e. The Hall–Kier alpha value is -1.73. The summed E-state index contributed by atoms with van der Waals surface area (Å²) in [4.78, 5) is 20.0. The average molecular weight is 309 g/mol. The first-order chi connectivity index (χ1) is 9.58. The van der Waals surface area contributed by atoms with Crippen LogP contribution in [0, 0.1) is 10.9 Å². The number of thiazole rings is 1. The largest absolute Gasteiger partial charge is 0.478 e. The van der Waals surface area contributed by atoms with E-state index in [0.717, 1.165) is 10.6 Å². The lowest BCUT2D eigenvalue weighted by atomic mass is 10.3. The van der Waals surface area contributed by atoms with Crippen molar-refractivity contribution in [1.82, 2.24) is 9.97 Å². The Labute approximate surface area is 126 Å². The van der Waals surface area contributed by atoms with Gasteiger partial charge in [-0.25, -0.2) is 4.98 Å². The number of hydrogen-bond acceptors (Lipinski definition) is 5. The number of nitrogens with one attached hydrogen (secondary N) is 2. The highest BCUT2D eigenvalue weighted by atomic mass is 32.1. The molecule has 0 fully saturated rings. The topological polar surface area (TPSA) is 67.0 Å². The number of carbonyl (C=O) groups is 1. The maximum Gasteiger partial charge on any atom is 0.229 e. The predicted octanol–water partition coefficient (Wildman–Crippen LogP) is 3.09. The van der Waals surface area contributed by atoms with E-state index in [9.17, 15) is 4.79 Å². The first kappa shape index (κ1) is 14.7. The van der Waals surface area contributed by atoms with Gasteiger partial charge in [-0.2, -0.15) is 0 Å². The zero-order valence-corrected chi connectivity index (χ0v) is 12.9. The Morgan fingerprint density at radius 1 is 1.55 bits per heavy atom. The number of ether oxygens (including phenoxy) is 1. The highest BCUT2D eigenvalue weighted by molar-refractivity contribution is 7.73. The fraction of sp³-hybridized carbons (Fsp3) is 0.308. The number of aromatic amines is 1. The summed E-state index contributed by atoms with van der Waals surface area (Å²) >= 11 is 6.47. The maximum atomic E-state index is 11.9. The molecule has 0 atom stereocenters. The summed E-state index contributed by atoms with van der Waals surface area (Å²) < 4.78 is 5.93. The molecule has 0 aromatic carbocycles. The van der Waals surface area contributed by atoms with Crippen LogP contribution in [0.2, 0.25) is 0 Å². The van der Waals surface area contributed by atoms with Gasteiger partial charge in [-0.3, -0.25) is 4.79 Å². The molecule has 2 N–H and O–H groups in total. The second-order valence-electron chi connectivity index (χ2n) is 4.11. The van der Waals surface area contributed by atoms with Gasteiger partial charge in [0.1, 0.15) is 0 Å². The summed E-state index contributed by atoms with van der Waals surface area (Å²) in [5.74, 6) is 0.453. The summed E-state index contributed by atoms with van der Waals surface area (Å²) in [5, 5.41) is 2.80. The molecule has 20 heavy (non-hydrogen) atoms. The van der Waals surface area contributed by atoms with Crippen LogP contribution in [-0.4, -0.2) is 22.5 Å². The van der Waals surface area contributed by atoms with Crippen LogP contribution in [0.3, 0.4) is 0 Å². The van der Waals surface area contributed by atoms with E-state index in [0.29, 0.717) is 28.5 Å². The van der Waals surface area contributed by atoms with Crippen molar-refractivity contribution in [2.75, 3.05) is 11.9 Å². The van der Waals surface area contributed by atoms with E-state index in [2.05, 4.69) is 15.3 Å². The first-order valence-corrected chi connectivity index (χ1v) is 7.38. The molecule has 106 valence electrons. The van der Waals surface area contributed by atoms with Crippen molar-refractivity contribution in [3.05, 3.63) is 32.9 Å². The molecule has 1 amide bonds. The number of aryl methyl sites for hydroxylation is 1. The molecule has 2 aromatic heterocycles. The van der Waals surface area contributed by atoms with E-state index in [4.69, 9.17) is 17.0 Å². The summed E-state index contributed by atoms with van der Waals surface area (Å²) in [5.41, 5.74) is 1.59. The number of nitrogens with zero attached hydrogens (tertiary/aromatic N) is 1. The summed E-state index contributed by atoms with van der Waals surface area (Å²) in [6.45, 7) is 4.37. The van der Waals surface area contributed by atoms with Crippen LogP contribution < -0.4 is 10.1 Å². The number of anilines is 1. The molecule has 2 rings (SSSR count). The summed E-state index contributed by atoms with van der Waals surface area (Å²) in [7, 11) is 0. The van der Waals surface area contributed by atoms with Crippen LogP contribution in [0.1, 0.15) is 17.5 Å². The maximum absolute atomic E-state index is 11.9. The normalized spacial score (nSPS) is 10.3. The van der Waals surface area contributed by atoms with Gasteiger partial charge in [-0.1, -0.05) is 0 Å². The number of H-pyrrole nitrogens is 1. The first-order valence-electron chi connectivity index (χ1n) is 6.15. The molecule has 2 aromatic rings. The molecule has 2 heterocycles. The summed E-state index contributed by atoms with van der Waals surface area (Å²) in [6, 6.07) is 3.49. The number of carbonyl (C=O) groups excluding carboxylic acids is 1. The van der Waals surface area contributed by atoms with E-state index in [1.807, 2.05) is 13.8 Å². The van der Waals surface area contributed by atoms with Gasteiger partial charge in [-0.15, -0.1) is 11.3 Å². The monoisotopic (exact) mass is 309 g/mol. The van der Waals surface area contributed by atoms with Gasteiger partial charge in [-0.05, 0) is 32.1 Å². The van der Waals surface area contributed by atoms with Crippen LogP contribution in [0.15, 0.2) is 18.3 Å². The highest BCUT2D eigenvalue weighted by Gasteiger charge is 2.09. The van der Waals surface area contributed by atoms with Crippen molar-refractivity contribution in [2.45, 2.75) is 20.3 Å². The minimum absolute atomic E-state index is 0.0932. The number of pyridine rings is 1. The lowest BCUT2D eigenvalue weighted by molar-refractivity contribution is -0.115. The molecule has 0 aliphatic carbocycles. The van der Waals surface area contributed by atoms with Crippen molar-refractivity contribution >= 4 is 35.1 Å². The average Bonchev–Trinajstić information content (AvgIpc) is 2.70. The molecule has 0 spiro atoms. The molecule has 0 unspecified atom stereocenters. The lowest BCUT2D eigenvalue weighted by Gasteiger charge is -2.06. The van der Waals surface area contributed by atoms with Crippen molar-refractivity contribution in [3.63, 3.8) is 0 Å². The molecular weight excluding hydrogens is 294 g/mol. The third-order valence-electron chi connectivity index (χ3n) is 2.56. The van der Waals surface area contributed by atoms with Crippen LogP contribution in [-0.2, 0) is 11.2 Å². The minimum atomic E-state index is -0.0932. The Bertz CT molecular complexity index is 646. The lowest BCUT2D eigenvalue weighted by Crippen LogP contribution is -2.14. The number of hydrogen-bond donors (Lipinski definition) is 2. The van der Waals surface area contributed by atoms with Crippen molar-refractivity contribution in [1.29, 1.82) is 0 Å². The van der Waals surface area contributed by atoms with Gasteiger partial charge in [0.05, 0.1) is 24.9 Å². The molecule has 0 aliphatic rings. The Morgan fingerprint density at radius 2 is 2.35 bits per heavy atom. The Balaban J connectivity index is 1.97. The highest BCUT2D eigenvalue weighted by Crippen LogP contribution is 2.16. The van der Waals surface area contributed by atoms with E-state index < -0.39 is 0 Å². The minimum Gasteiger partial charge on any atom is -0.478 e. The van der Waals surface area contributed by atoms with Crippen molar-refractivity contribution in [2.24, 2.45) is 0 Å². The van der Waals surface area contributed by atoms with Gasteiger partial charge in [0, 0.05) is 16.6 Å². The van der Waals surface area contributed by atoms with Crippen LogP contribution in [0.25, 0.3) is 0 Å². The van der Waals surface area contributed by atoms with Crippen molar-refractivity contribution in [3.8, 4) is 5.88 Å². The zero-order chi connectivity index (χ0) is 14.5. The van der Waals surface area contributed by atoms with Crippen LogP contribution in [0.4, 0.5) is 5.69 Å². The molecule has 0 radical (unpaired) electrons. The number of aromatic nitrogens is 2. The number of amides is 1. The predicted molar refractivity (Wildman–Crippen MR) is 82.0 cm³/mol. The second-order valence-corrected chi connectivity index (χ2v) is 5.88. The SMILES string of the molecule is CCOc1ccc(NC(=O)Cc2sc(=S)[nH]c2C)cn1. The Morgan fingerprint density at radius 3 is 2.90 bits per heavy atom. The quantitative estimate of drug-likeness (QED) is 0.833. The molecule has 7 heteroatoms. The van der Waals surface area contributed by atoms with Gasteiger partial charge in [0.15, 0.2) is 3.95 Å². The van der Waals surface area contributed by atoms with Crippen molar-refractivity contribution < 1.29 is 9.53 Å². The molecule has 0 bridgehead atoms. The van der Waals surface area contributed by atoms with Crippen LogP contribution >= 0.6 is 23.6 Å². The van der Waals surface area contributed by atoms with Gasteiger partial charge >= 0.3 is 0 Å².